The largest absolute Gasteiger partial charge is 0.474 e. The summed E-state index contributed by atoms with van der Waals surface area (Å²) < 4.78 is 26.6. The number of phosphoric ester groups is 1. The molecule has 3 heterocycles. The highest BCUT2D eigenvalue weighted by Gasteiger charge is 2.29. The third kappa shape index (κ3) is 5.74. The van der Waals surface area contributed by atoms with Crippen LogP contribution in [-0.2, 0) is 15.5 Å². The molecule has 0 saturated carbocycles. The van der Waals surface area contributed by atoms with Crippen LogP contribution in [0, 0.1) is 0 Å². The molecule has 166 valence electrons. The van der Waals surface area contributed by atoms with E-state index in [-0.39, 0.29) is 12.7 Å². The molecule has 1 aliphatic rings. The Morgan fingerprint density at radius 3 is 2.66 bits per heavy atom. The van der Waals surface area contributed by atoms with Gasteiger partial charge in [-0.3, -0.25) is 10.6 Å². The number of quaternary nitrogens is 1. The average Bonchev–Trinajstić information content (AvgIpc) is 3.23. The lowest BCUT2D eigenvalue weighted by molar-refractivity contribution is -0.882. The van der Waals surface area contributed by atoms with Crippen molar-refractivity contribution in [2.45, 2.75) is 12.6 Å². The summed E-state index contributed by atoms with van der Waals surface area (Å²) in [6.45, 7) is -0.289. The second-order valence-corrected chi connectivity index (χ2v) is 8.17. The monoisotopic (exact) mass is 458 g/mol. The number of benzene rings is 1. The standard InChI is InChI=1S/C20H20N5O6P/c21-19-17(3-1-10-25(19)13-29-32(26,27)28)18-12-15(24-31-18)11-14-4-6-16(7-5-14)30-20-22-8-2-9-23-20/h1-10,12,19H,11,13,21H2,(H2,26,27,28)/p+1. The van der Waals surface area contributed by atoms with Gasteiger partial charge < -0.3 is 19.0 Å². The minimum atomic E-state index is -4.59. The summed E-state index contributed by atoms with van der Waals surface area (Å²) in [5.41, 5.74) is 8.57. The SMILES string of the molecule is NC1C(c2cc(Cc3ccc(Oc4ncccn4)cc3)no2)=CC=C[NH+]1COP(=O)(O)O. The van der Waals surface area contributed by atoms with E-state index < -0.39 is 14.0 Å². The Morgan fingerprint density at radius 1 is 1.19 bits per heavy atom. The van der Waals surface area contributed by atoms with Gasteiger partial charge in [0.05, 0.1) is 17.5 Å². The van der Waals surface area contributed by atoms with Crippen LogP contribution in [0.3, 0.4) is 0 Å². The number of allylic oxidation sites excluding steroid dienone is 2. The van der Waals surface area contributed by atoms with Crippen molar-refractivity contribution in [3.05, 3.63) is 84.2 Å². The van der Waals surface area contributed by atoms with Crippen LogP contribution >= 0.6 is 7.82 Å². The number of nitrogens with one attached hydrogen (secondary N) is 1. The van der Waals surface area contributed by atoms with Crippen LogP contribution < -0.4 is 15.4 Å². The van der Waals surface area contributed by atoms with Crippen LogP contribution in [0.5, 0.6) is 11.8 Å². The van der Waals surface area contributed by atoms with Crippen molar-refractivity contribution >= 4 is 13.4 Å². The third-order valence-electron chi connectivity index (χ3n) is 4.62. The minimum Gasteiger partial charge on any atom is -0.424 e. The summed E-state index contributed by atoms with van der Waals surface area (Å²) in [5.74, 6) is 1.10. The normalized spacial score (nSPS) is 18.4. The maximum Gasteiger partial charge on any atom is 0.474 e. The molecule has 32 heavy (non-hydrogen) atoms. The van der Waals surface area contributed by atoms with E-state index in [9.17, 15) is 4.57 Å². The van der Waals surface area contributed by atoms with Crippen molar-refractivity contribution in [1.82, 2.24) is 15.1 Å². The zero-order valence-electron chi connectivity index (χ0n) is 16.7. The number of aromatic nitrogens is 3. The molecule has 5 N–H and O–H groups in total. The van der Waals surface area contributed by atoms with E-state index in [1.165, 1.54) is 0 Å². The zero-order chi connectivity index (χ0) is 22.6. The van der Waals surface area contributed by atoms with Gasteiger partial charge in [0.1, 0.15) is 5.75 Å². The molecule has 0 aliphatic carbocycles. The number of hydrogen-bond donors (Lipinski definition) is 4. The third-order valence-corrected chi connectivity index (χ3v) is 5.09. The van der Waals surface area contributed by atoms with Crippen LogP contribution in [0.2, 0.25) is 0 Å². The first-order valence-corrected chi connectivity index (χ1v) is 11.1. The van der Waals surface area contributed by atoms with Gasteiger partial charge in [0.2, 0.25) is 0 Å². The first kappa shape index (κ1) is 22.0. The zero-order valence-corrected chi connectivity index (χ0v) is 17.6. The molecule has 0 spiro atoms. The molecule has 0 saturated heterocycles. The lowest BCUT2D eigenvalue weighted by Gasteiger charge is -2.24. The molecule has 11 nitrogen and oxygen atoms in total. The second kappa shape index (κ2) is 9.53. The van der Waals surface area contributed by atoms with Crippen LogP contribution in [-0.4, -0.2) is 37.8 Å². The average molecular weight is 458 g/mol. The van der Waals surface area contributed by atoms with Crippen molar-refractivity contribution in [3.63, 3.8) is 0 Å². The summed E-state index contributed by atoms with van der Waals surface area (Å²) in [6.07, 6.45) is 8.25. The summed E-state index contributed by atoms with van der Waals surface area (Å²) in [6, 6.07) is 11.2. The van der Waals surface area contributed by atoms with Gasteiger partial charge in [0.25, 0.3) is 0 Å². The maximum absolute atomic E-state index is 11.0. The lowest BCUT2D eigenvalue weighted by atomic mass is 10.1. The van der Waals surface area contributed by atoms with E-state index in [4.69, 9.17) is 24.8 Å². The highest BCUT2D eigenvalue weighted by Crippen LogP contribution is 2.34. The second-order valence-electron chi connectivity index (χ2n) is 6.93. The molecule has 1 aliphatic heterocycles. The Labute approximate surface area is 183 Å². The van der Waals surface area contributed by atoms with Crippen LogP contribution in [0.4, 0.5) is 0 Å². The van der Waals surface area contributed by atoms with Gasteiger partial charge in [-0.2, -0.15) is 0 Å². The van der Waals surface area contributed by atoms with Crippen molar-refractivity contribution in [2.24, 2.45) is 5.73 Å². The van der Waals surface area contributed by atoms with Crippen molar-refractivity contribution in [3.8, 4) is 11.8 Å². The first-order valence-electron chi connectivity index (χ1n) is 9.57. The molecule has 1 aromatic carbocycles. The summed E-state index contributed by atoms with van der Waals surface area (Å²) >= 11 is 0. The van der Waals surface area contributed by atoms with Crippen LogP contribution in [0.25, 0.3) is 5.57 Å². The van der Waals surface area contributed by atoms with Gasteiger partial charge in [-0.05, 0) is 35.9 Å². The summed E-state index contributed by atoms with van der Waals surface area (Å²) in [4.78, 5) is 26.4. The highest BCUT2D eigenvalue weighted by molar-refractivity contribution is 7.46. The summed E-state index contributed by atoms with van der Waals surface area (Å²) in [7, 11) is -4.59. The summed E-state index contributed by atoms with van der Waals surface area (Å²) in [5, 5.41) is 4.11. The van der Waals surface area contributed by atoms with E-state index in [1.54, 1.807) is 42.9 Å². The molecule has 0 fully saturated rings. The predicted molar refractivity (Wildman–Crippen MR) is 112 cm³/mol. The Hall–Kier alpha value is -3.18. The highest BCUT2D eigenvalue weighted by atomic mass is 31.2. The molecular weight excluding hydrogens is 437 g/mol. The van der Waals surface area contributed by atoms with Crippen molar-refractivity contribution in [1.29, 1.82) is 0 Å². The first-order chi connectivity index (χ1) is 15.4. The molecule has 2 unspecified atom stereocenters. The minimum absolute atomic E-state index is 0.273. The van der Waals surface area contributed by atoms with E-state index in [0.29, 0.717) is 34.1 Å². The fourth-order valence-corrected chi connectivity index (χ4v) is 3.39. The molecule has 0 radical (unpaired) electrons. The number of hydrogen-bond acceptors (Lipinski definition) is 8. The Bertz CT molecular complexity index is 1160. The predicted octanol–water partition coefficient (Wildman–Crippen LogP) is 0.995. The van der Waals surface area contributed by atoms with Crippen molar-refractivity contribution in [2.75, 3.05) is 6.73 Å². The smallest absolute Gasteiger partial charge is 0.424 e. The van der Waals surface area contributed by atoms with Gasteiger partial charge in [0, 0.05) is 24.9 Å². The van der Waals surface area contributed by atoms with Gasteiger partial charge in [-0.1, -0.05) is 17.3 Å². The number of ether oxygens (including phenoxy) is 1. The molecule has 0 amide bonds. The molecule has 3 aromatic rings. The van der Waals surface area contributed by atoms with Gasteiger partial charge in [-0.25, -0.2) is 19.1 Å². The molecule has 4 rings (SSSR count). The van der Waals surface area contributed by atoms with Crippen LogP contribution in [0.1, 0.15) is 17.0 Å². The fourth-order valence-electron chi connectivity index (χ4n) is 3.07. The quantitative estimate of drug-likeness (QED) is 0.359. The molecule has 2 aromatic heterocycles. The van der Waals surface area contributed by atoms with Gasteiger partial charge in [-0.15, -0.1) is 0 Å². The Kier molecular flexibility index (Phi) is 6.56. The Balaban J connectivity index is 1.39. The number of phosphoric acid groups is 1. The maximum atomic E-state index is 11.0. The van der Waals surface area contributed by atoms with E-state index in [2.05, 4.69) is 19.6 Å². The molecule has 12 heteroatoms. The topological polar surface area (TPSA) is 158 Å². The number of nitrogens with two attached hydrogens (primary N) is 1. The molecular formula is C20H21N5O6P+. The van der Waals surface area contributed by atoms with Crippen LogP contribution in [0.15, 0.2) is 71.7 Å². The fraction of sp³-hybridized carbons (Fsp3) is 0.150. The van der Waals surface area contributed by atoms with Gasteiger partial charge in [0.15, 0.2) is 18.7 Å². The van der Waals surface area contributed by atoms with E-state index in [1.807, 2.05) is 24.3 Å². The number of nitrogens with zero attached hydrogens (tertiary/aromatic N) is 3. The molecule has 0 bridgehead atoms. The van der Waals surface area contributed by atoms with Gasteiger partial charge >= 0.3 is 13.8 Å². The van der Waals surface area contributed by atoms with E-state index >= 15 is 0 Å². The number of rotatable bonds is 8. The van der Waals surface area contributed by atoms with E-state index in [0.717, 1.165) is 5.56 Å². The molecule has 2 atom stereocenters. The van der Waals surface area contributed by atoms with Crippen molar-refractivity contribution < 1.29 is 33.0 Å². The Morgan fingerprint density at radius 2 is 1.94 bits per heavy atom. The lowest BCUT2D eigenvalue weighted by Crippen LogP contribution is -3.14.